The summed E-state index contributed by atoms with van der Waals surface area (Å²) < 4.78 is 0. The zero-order valence-corrected chi connectivity index (χ0v) is 15.9. The molecule has 1 aliphatic heterocycles. The molecule has 0 amide bonds. The average Bonchev–Trinajstić information content (AvgIpc) is 2.67. The SMILES string of the molecule is C=C(CN(C)Cc1cccc(B2CC(C)(C)C(C)(C)C2)c1)NC. The van der Waals surface area contributed by atoms with Crippen molar-refractivity contribution in [3.8, 4) is 0 Å². The highest BCUT2D eigenvalue weighted by Gasteiger charge is 2.47. The molecule has 1 saturated heterocycles. The van der Waals surface area contributed by atoms with Crippen LogP contribution in [0.4, 0.5) is 0 Å². The summed E-state index contributed by atoms with van der Waals surface area (Å²) in [4.78, 5) is 2.31. The summed E-state index contributed by atoms with van der Waals surface area (Å²) >= 11 is 0. The van der Waals surface area contributed by atoms with E-state index in [9.17, 15) is 0 Å². The Bertz CT molecular complexity index is 547. The van der Waals surface area contributed by atoms with Gasteiger partial charge in [-0.2, -0.15) is 0 Å². The van der Waals surface area contributed by atoms with Crippen LogP contribution in [0.15, 0.2) is 36.5 Å². The maximum atomic E-state index is 4.01. The van der Waals surface area contributed by atoms with Crippen molar-refractivity contribution in [2.45, 2.75) is 46.9 Å². The van der Waals surface area contributed by atoms with Crippen molar-refractivity contribution in [3.63, 3.8) is 0 Å². The highest BCUT2D eigenvalue weighted by Crippen LogP contribution is 2.52. The van der Waals surface area contributed by atoms with Gasteiger partial charge in [-0.25, -0.2) is 0 Å². The summed E-state index contributed by atoms with van der Waals surface area (Å²) in [6.45, 7) is 16.3. The molecule has 2 rings (SSSR count). The van der Waals surface area contributed by atoms with E-state index in [0.29, 0.717) is 17.5 Å². The maximum absolute atomic E-state index is 4.01. The number of hydrogen-bond acceptors (Lipinski definition) is 2. The summed E-state index contributed by atoms with van der Waals surface area (Å²) in [5, 5.41) is 3.12. The number of benzene rings is 1. The fourth-order valence-electron chi connectivity index (χ4n) is 3.81. The van der Waals surface area contributed by atoms with Crippen molar-refractivity contribution in [2.75, 3.05) is 20.6 Å². The molecular formula is C20H33BN2. The van der Waals surface area contributed by atoms with E-state index in [1.165, 1.54) is 23.7 Å². The second-order valence-corrected chi connectivity index (χ2v) is 8.64. The van der Waals surface area contributed by atoms with E-state index < -0.39 is 0 Å². The Kier molecular flexibility index (Phi) is 5.30. The van der Waals surface area contributed by atoms with E-state index in [2.05, 4.69) is 75.8 Å². The van der Waals surface area contributed by atoms with Crippen molar-refractivity contribution in [2.24, 2.45) is 10.8 Å². The third-order valence-corrected chi connectivity index (χ3v) is 6.03. The average molecular weight is 312 g/mol. The zero-order valence-electron chi connectivity index (χ0n) is 15.9. The zero-order chi connectivity index (χ0) is 17.3. The fraction of sp³-hybridized carbons (Fsp3) is 0.600. The smallest absolute Gasteiger partial charge is 0.176 e. The first-order valence-corrected chi connectivity index (χ1v) is 8.77. The van der Waals surface area contributed by atoms with E-state index in [1.807, 2.05) is 7.05 Å². The summed E-state index contributed by atoms with van der Waals surface area (Å²) in [5.74, 6) is 0. The van der Waals surface area contributed by atoms with Gasteiger partial charge in [0, 0.05) is 25.8 Å². The molecule has 126 valence electrons. The third-order valence-electron chi connectivity index (χ3n) is 6.03. The van der Waals surface area contributed by atoms with Crippen LogP contribution in [0.3, 0.4) is 0 Å². The lowest BCUT2D eigenvalue weighted by molar-refractivity contribution is 0.177. The van der Waals surface area contributed by atoms with Gasteiger partial charge in [0.1, 0.15) is 0 Å². The lowest BCUT2D eigenvalue weighted by atomic mass is 9.42. The Morgan fingerprint density at radius 1 is 1.22 bits per heavy atom. The van der Waals surface area contributed by atoms with Crippen molar-refractivity contribution in [1.82, 2.24) is 10.2 Å². The van der Waals surface area contributed by atoms with Crippen LogP contribution in [-0.2, 0) is 6.54 Å². The second-order valence-electron chi connectivity index (χ2n) is 8.64. The molecule has 2 nitrogen and oxygen atoms in total. The van der Waals surface area contributed by atoms with Crippen molar-refractivity contribution in [1.29, 1.82) is 0 Å². The van der Waals surface area contributed by atoms with Gasteiger partial charge in [-0.1, -0.05) is 76.6 Å². The number of nitrogens with one attached hydrogen (secondary N) is 1. The Hall–Kier alpha value is -1.22. The third kappa shape index (κ3) is 4.20. The van der Waals surface area contributed by atoms with Gasteiger partial charge in [-0.05, 0) is 23.4 Å². The molecule has 23 heavy (non-hydrogen) atoms. The molecule has 1 fully saturated rings. The molecule has 0 aliphatic carbocycles. The minimum atomic E-state index is 0.412. The van der Waals surface area contributed by atoms with Crippen LogP contribution in [-0.4, -0.2) is 32.3 Å². The molecule has 1 aliphatic rings. The number of nitrogens with zero attached hydrogens (tertiary/aromatic N) is 1. The van der Waals surface area contributed by atoms with Gasteiger partial charge in [0.25, 0.3) is 0 Å². The van der Waals surface area contributed by atoms with Crippen LogP contribution in [0.1, 0.15) is 33.3 Å². The molecule has 1 N–H and O–H groups in total. The Labute approximate surface area is 143 Å². The van der Waals surface area contributed by atoms with Gasteiger partial charge in [-0.3, -0.25) is 4.90 Å². The molecule has 0 spiro atoms. The molecule has 1 aromatic carbocycles. The van der Waals surface area contributed by atoms with Crippen LogP contribution >= 0.6 is 0 Å². The maximum Gasteiger partial charge on any atom is 0.176 e. The minimum Gasteiger partial charge on any atom is -0.391 e. The van der Waals surface area contributed by atoms with Crippen molar-refractivity contribution in [3.05, 3.63) is 42.1 Å². The van der Waals surface area contributed by atoms with Crippen molar-refractivity contribution >= 4 is 12.2 Å². The predicted molar refractivity (Wildman–Crippen MR) is 104 cm³/mol. The fourth-order valence-corrected chi connectivity index (χ4v) is 3.81. The number of rotatable bonds is 6. The van der Waals surface area contributed by atoms with Gasteiger partial charge in [0.05, 0.1) is 0 Å². The summed E-state index contributed by atoms with van der Waals surface area (Å²) in [7, 11) is 4.08. The van der Waals surface area contributed by atoms with Gasteiger partial charge in [-0.15, -0.1) is 0 Å². The quantitative estimate of drug-likeness (QED) is 0.807. The molecule has 0 saturated carbocycles. The highest BCUT2D eigenvalue weighted by molar-refractivity contribution is 6.74. The van der Waals surface area contributed by atoms with Gasteiger partial charge < -0.3 is 5.32 Å². The Morgan fingerprint density at radius 3 is 2.39 bits per heavy atom. The van der Waals surface area contributed by atoms with Gasteiger partial charge in [0.15, 0.2) is 6.71 Å². The van der Waals surface area contributed by atoms with Crippen LogP contribution in [0.2, 0.25) is 12.6 Å². The lowest BCUT2D eigenvalue weighted by Gasteiger charge is -2.35. The molecule has 0 unspecified atom stereocenters. The standard InChI is InChI=1S/C20H33BN2/c1-16(22-6)12-23(7)13-17-9-8-10-18(11-17)21-14-19(2,3)20(4,5)15-21/h8-11,22H,1,12-15H2,2-7H3. The summed E-state index contributed by atoms with van der Waals surface area (Å²) in [6.07, 6.45) is 2.58. The minimum absolute atomic E-state index is 0.412. The molecule has 0 radical (unpaired) electrons. The topological polar surface area (TPSA) is 15.3 Å². The van der Waals surface area contributed by atoms with E-state index >= 15 is 0 Å². The molecule has 0 atom stereocenters. The first kappa shape index (κ1) is 18.1. The molecule has 3 heteroatoms. The molecule has 1 aromatic rings. The molecular weight excluding hydrogens is 279 g/mol. The predicted octanol–water partition coefficient (Wildman–Crippen LogP) is 3.62. The normalized spacial score (nSPS) is 19.2. The van der Waals surface area contributed by atoms with Crippen LogP contribution < -0.4 is 10.8 Å². The first-order valence-electron chi connectivity index (χ1n) is 8.77. The van der Waals surface area contributed by atoms with Gasteiger partial charge >= 0.3 is 0 Å². The number of likely N-dealkylation sites (N-methyl/N-ethyl adjacent to an activating group) is 2. The van der Waals surface area contributed by atoms with Crippen LogP contribution in [0.25, 0.3) is 0 Å². The number of hydrogen-bond donors (Lipinski definition) is 1. The second kappa shape index (κ2) is 6.72. The van der Waals surface area contributed by atoms with Crippen molar-refractivity contribution < 1.29 is 0 Å². The van der Waals surface area contributed by atoms with Crippen LogP contribution in [0.5, 0.6) is 0 Å². The van der Waals surface area contributed by atoms with E-state index in [4.69, 9.17) is 0 Å². The Balaban J connectivity index is 2.08. The molecule has 0 aromatic heterocycles. The van der Waals surface area contributed by atoms with E-state index in [-0.39, 0.29) is 0 Å². The summed E-state index contributed by atoms with van der Waals surface area (Å²) in [5.41, 5.74) is 4.80. The highest BCUT2D eigenvalue weighted by atomic mass is 15.1. The van der Waals surface area contributed by atoms with Gasteiger partial charge in [0.2, 0.25) is 0 Å². The van der Waals surface area contributed by atoms with E-state index in [1.54, 1.807) is 0 Å². The lowest BCUT2D eigenvalue weighted by Crippen LogP contribution is -2.29. The van der Waals surface area contributed by atoms with E-state index in [0.717, 1.165) is 18.8 Å². The summed E-state index contributed by atoms with van der Waals surface area (Å²) in [6, 6.07) is 9.20. The molecule has 0 bridgehead atoms. The van der Waals surface area contributed by atoms with Crippen LogP contribution in [0, 0.1) is 10.8 Å². The molecule has 1 heterocycles. The first-order chi connectivity index (χ1) is 10.6. The Morgan fingerprint density at radius 2 is 1.83 bits per heavy atom. The monoisotopic (exact) mass is 312 g/mol. The largest absolute Gasteiger partial charge is 0.391 e.